The number of thiazole rings is 1. The number of likely N-dealkylation sites (N-methyl/N-ethyl adjacent to an activating group) is 1. The van der Waals surface area contributed by atoms with Crippen LogP contribution in [0.5, 0.6) is 0 Å². The van der Waals surface area contributed by atoms with Gasteiger partial charge in [0.15, 0.2) is 5.13 Å². The maximum absolute atomic E-state index is 4.44. The van der Waals surface area contributed by atoms with Gasteiger partial charge in [-0.15, -0.1) is 11.3 Å². The van der Waals surface area contributed by atoms with Gasteiger partial charge in [0, 0.05) is 43.6 Å². The number of hydrogen-bond acceptors (Lipinski definition) is 5. The molecule has 0 saturated carbocycles. The van der Waals surface area contributed by atoms with Gasteiger partial charge in [0.05, 0.1) is 0 Å². The van der Waals surface area contributed by atoms with E-state index in [-0.39, 0.29) is 0 Å². The van der Waals surface area contributed by atoms with Crippen molar-refractivity contribution in [3.8, 4) is 0 Å². The van der Waals surface area contributed by atoms with Gasteiger partial charge in [-0.3, -0.25) is 4.98 Å². The first-order valence-corrected chi connectivity index (χ1v) is 6.80. The van der Waals surface area contributed by atoms with Crippen LogP contribution in [0.2, 0.25) is 0 Å². The minimum Gasteiger partial charge on any atom is -0.351 e. The molecule has 2 rings (SSSR count). The van der Waals surface area contributed by atoms with E-state index in [4.69, 9.17) is 0 Å². The fraction of sp³-hybridized carbons (Fsp3) is 0.385. The summed E-state index contributed by atoms with van der Waals surface area (Å²) in [6.45, 7) is 1.85. The molecule has 2 aromatic heterocycles. The molecule has 0 amide bonds. The van der Waals surface area contributed by atoms with Crippen molar-refractivity contribution in [2.45, 2.75) is 13.0 Å². The first-order chi connectivity index (χ1) is 8.79. The molecule has 2 heterocycles. The molecule has 0 saturated heterocycles. The number of anilines is 1. The van der Waals surface area contributed by atoms with Crippen LogP contribution in [0.1, 0.15) is 10.4 Å². The van der Waals surface area contributed by atoms with Gasteiger partial charge in [0.1, 0.15) is 0 Å². The lowest BCUT2D eigenvalue weighted by molar-refractivity contribution is 0.829. The van der Waals surface area contributed by atoms with Crippen molar-refractivity contribution in [2.75, 3.05) is 25.5 Å². The van der Waals surface area contributed by atoms with Gasteiger partial charge in [-0.2, -0.15) is 0 Å². The minimum atomic E-state index is 0.885. The standard InChI is InChI=1S/C13H18N4S/c1-14-9-12-10-16-13(18-12)17(2)8-5-11-3-6-15-7-4-11/h3-4,6-7,10,14H,5,8-9H2,1-2H3. The van der Waals surface area contributed by atoms with Gasteiger partial charge in [-0.05, 0) is 31.2 Å². The summed E-state index contributed by atoms with van der Waals surface area (Å²) in [6, 6.07) is 4.12. The van der Waals surface area contributed by atoms with Crippen LogP contribution in [0.3, 0.4) is 0 Å². The summed E-state index contributed by atoms with van der Waals surface area (Å²) in [5.74, 6) is 0. The SMILES string of the molecule is CNCc1cnc(N(C)CCc2ccncc2)s1. The molecular formula is C13H18N4S. The molecule has 96 valence electrons. The number of pyridine rings is 1. The third kappa shape index (κ3) is 3.51. The van der Waals surface area contributed by atoms with E-state index in [9.17, 15) is 0 Å². The number of nitrogens with one attached hydrogen (secondary N) is 1. The highest BCUT2D eigenvalue weighted by atomic mass is 32.1. The Hall–Kier alpha value is -1.46. The van der Waals surface area contributed by atoms with E-state index in [1.807, 2.05) is 25.6 Å². The molecule has 0 aliphatic rings. The molecule has 2 aromatic rings. The predicted octanol–water partition coefficient (Wildman–Crippen LogP) is 1.94. The monoisotopic (exact) mass is 262 g/mol. The van der Waals surface area contributed by atoms with Gasteiger partial charge < -0.3 is 10.2 Å². The first-order valence-electron chi connectivity index (χ1n) is 5.99. The molecule has 5 heteroatoms. The second-order valence-corrected chi connectivity index (χ2v) is 5.26. The molecule has 0 aliphatic heterocycles. The van der Waals surface area contributed by atoms with Gasteiger partial charge in [-0.1, -0.05) is 0 Å². The summed E-state index contributed by atoms with van der Waals surface area (Å²) in [6.07, 6.45) is 6.63. The lowest BCUT2D eigenvalue weighted by Crippen LogP contribution is -2.19. The van der Waals surface area contributed by atoms with Crippen molar-refractivity contribution in [1.29, 1.82) is 0 Å². The number of nitrogens with zero attached hydrogens (tertiary/aromatic N) is 3. The van der Waals surface area contributed by atoms with Crippen LogP contribution in [-0.4, -0.2) is 30.6 Å². The maximum Gasteiger partial charge on any atom is 0.185 e. The van der Waals surface area contributed by atoms with E-state index < -0.39 is 0 Å². The Morgan fingerprint density at radius 3 is 2.83 bits per heavy atom. The molecule has 0 atom stereocenters. The van der Waals surface area contributed by atoms with Gasteiger partial charge in [-0.25, -0.2) is 4.98 Å². The zero-order valence-corrected chi connectivity index (χ0v) is 11.6. The second kappa shape index (κ2) is 6.47. The van der Waals surface area contributed by atoms with E-state index in [1.54, 1.807) is 11.3 Å². The third-order valence-corrected chi connectivity index (χ3v) is 3.82. The molecule has 0 bridgehead atoms. The maximum atomic E-state index is 4.44. The van der Waals surface area contributed by atoms with E-state index in [1.165, 1.54) is 10.4 Å². The number of aromatic nitrogens is 2. The molecular weight excluding hydrogens is 244 g/mol. The van der Waals surface area contributed by atoms with Crippen LogP contribution < -0.4 is 10.2 Å². The normalized spacial score (nSPS) is 10.6. The molecule has 18 heavy (non-hydrogen) atoms. The van der Waals surface area contributed by atoms with Crippen molar-refractivity contribution >= 4 is 16.5 Å². The summed E-state index contributed by atoms with van der Waals surface area (Å²) < 4.78 is 0. The van der Waals surface area contributed by atoms with Crippen LogP contribution in [0.15, 0.2) is 30.7 Å². The zero-order valence-electron chi connectivity index (χ0n) is 10.8. The van der Waals surface area contributed by atoms with Gasteiger partial charge >= 0.3 is 0 Å². The largest absolute Gasteiger partial charge is 0.351 e. The van der Waals surface area contributed by atoms with Crippen molar-refractivity contribution < 1.29 is 0 Å². The minimum absolute atomic E-state index is 0.885. The summed E-state index contributed by atoms with van der Waals surface area (Å²) in [5, 5.41) is 4.22. The summed E-state index contributed by atoms with van der Waals surface area (Å²) >= 11 is 1.74. The molecule has 0 spiro atoms. The van der Waals surface area contributed by atoms with E-state index in [0.29, 0.717) is 0 Å². The molecule has 0 unspecified atom stereocenters. The molecule has 0 fully saturated rings. The Labute approximate surface area is 112 Å². The van der Waals surface area contributed by atoms with E-state index in [0.717, 1.165) is 24.6 Å². The highest BCUT2D eigenvalue weighted by Gasteiger charge is 2.06. The Morgan fingerprint density at radius 1 is 1.33 bits per heavy atom. The van der Waals surface area contributed by atoms with Gasteiger partial charge in [0.25, 0.3) is 0 Å². The summed E-state index contributed by atoms with van der Waals surface area (Å²) in [7, 11) is 4.04. The average molecular weight is 262 g/mol. The Bertz CT molecular complexity index is 469. The van der Waals surface area contributed by atoms with Crippen molar-refractivity contribution in [1.82, 2.24) is 15.3 Å². The van der Waals surface area contributed by atoms with E-state index >= 15 is 0 Å². The van der Waals surface area contributed by atoms with Crippen LogP contribution in [0, 0.1) is 0 Å². The zero-order chi connectivity index (χ0) is 12.8. The molecule has 4 nitrogen and oxygen atoms in total. The Balaban J connectivity index is 1.89. The fourth-order valence-electron chi connectivity index (χ4n) is 1.67. The Kier molecular flexibility index (Phi) is 4.66. The van der Waals surface area contributed by atoms with Crippen LogP contribution in [0.4, 0.5) is 5.13 Å². The number of hydrogen-bond donors (Lipinski definition) is 1. The van der Waals surface area contributed by atoms with E-state index in [2.05, 4.69) is 39.4 Å². The average Bonchev–Trinajstić information content (AvgIpc) is 2.86. The summed E-state index contributed by atoms with van der Waals surface area (Å²) in [5.41, 5.74) is 1.31. The second-order valence-electron chi connectivity index (χ2n) is 4.17. The lowest BCUT2D eigenvalue weighted by Gasteiger charge is -2.15. The smallest absolute Gasteiger partial charge is 0.185 e. The third-order valence-electron chi connectivity index (χ3n) is 2.70. The first kappa shape index (κ1) is 13.0. The highest BCUT2D eigenvalue weighted by molar-refractivity contribution is 7.15. The molecule has 0 radical (unpaired) electrons. The van der Waals surface area contributed by atoms with Crippen molar-refractivity contribution in [3.05, 3.63) is 41.2 Å². The van der Waals surface area contributed by atoms with Crippen LogP contribution in [-0.2, 0) is 13.0 Å². The quantitative estimate of drug-likeness (QED) is 0.864. The Morgan fingerprint density at radius 2 is 2.11 bits per heavy atom. The molecule has 0 aromatic carbocycles. The van der Waals surface area contributed by atoms with Crippen molar-refractivity contribution in [2.24, 2.45) is 0 Å². The van der Waals surface area contributed by atoms with Crippen molar-refractivity contribution in [3.63, 3.8) is 0 Å². The predicted molar refractivity (Wildman–Crippen MR) is 76.1 cm³/mol. The fourth-order valence-corrected chi connectivity index (χ4v) is 2.58. The molecule has 1 N–H and O–H groups in total. The summed E-state index contributed by atoms with van der Waals surface area (Å²) in [4.78, 5) is 11.9. The highest BCUT2D eigenvalue weighted by Crippen LogP contribution is 2.21. The number of rotatable bonds is 6. The van der Waals surface area contributed by atoms with Crippen LogP contribution in [0.25, 0.3) is 0 Å². The van der Waals surface area contributed by atoms with Crippen LogP contribution >= 0.6 is 11.3 Å². The van der Waals surface area contributed by atoms with Gasteiger partial charge in [0.2, 0.25) is 0 Å². The lowest BCUT2D eigenvalue weighted by atomic mass is 10.2. The topological polar surface area (TPSA) is 41.1 Å². The molecule has 0 aliphatic carbocycles.